The fraction of sp³-hybridized carbons (Fsp3) is 0.231. The van der Waals surface area contributed by atoms with Gasteiger partial charge in [-0.15, -0.1) is 0 Å². The van der Waals surface area contributed by atoms with Gasteiger partial charge in [0.05, 0.1) is 6.42 Å². The summed E-state index contributed by atoms with van der Waals surface area (Å²) in [6, 6.07) is 22.0. The van der Waals surface area contributed by atoms with Crippen LogP contribution >= 0.6 is 0 Å². The van der Waals surface area contributed by atoms with Gasteiger partial charge in [0.2, 0.25) is 11.8 Å². The minimum absolute atomic E-state index is 0.0502. The number of rotatable bonds is 7. The molecular formula is C26H27N3O2. The highest BCUT2D eigenvalue weighted by molar-refractivity contribution is 5.96. The first-order valence-corrected chi connectivity index (χ1v) is 10.7. The van der Waals surface area contributed by atoms with Crippen molar-refractivity contribution in [2.45, 2.75) is 26.8 Å². The van der Waals surface area contributed by atoms with Crippen LogP contribution in [0.1, 0.15) is 19.4 Å². The maximum atomic E-state index is 12.6. The number of nitrogens with zero attached hydrogens (tertiary/aromatic N) is 2. The van der Waals surface area contributed by atoms with E-state index < -0.39 is 0 Å². The quantitative estimate of drug-likeness (QED) is 0.471. The number of benzene rings is 3. The van der Waals surface area contributed by atoms with E-state index in [-0.39, 0.29) is 11.8 Å². The molecule has 0 aliphatic carbocycles. The highest BCUT2D eigenvalue weighted by atomic mass is 16.2. The molecule has 0 unspecified atom stereocenters. The number of carbonyl (C=O) groups is 2. The van der Waals surface area contributed by atoms with Gasteiger partial charge in [-0.25, -0.2) is 0 Å². The van der Waals surface area contributed by atoms with E-state index in [9.17, 15) is 9.59 Å². The Kier molecular flexibility index (Phi) is 6.03. The molecule has 1 N–H and O–H groups in total. The van der Waals surface area contributed by atoms with Gasteiger partial charge in [-0.2, -0.15) is 0 Å². The molecule has 5 nitrogen and oxygen atoms in total. The Labute approximate surface area is 182 Å². The molecular weight excluding hydrogens is 386 g/mol. The molecule has 3 aromatic carbocycles. The minimum Gasteiger partial charge on any atom is -0.342 e. The molecule has 5 heteroatoms. The molecule has 0 radical (unpaired) electrons. The lowest BCUT2D eigenvalue weighted by Crippen LogP contribution is -2.33. The van der Waals surface area contributed by atoms with Crippen molar-refractivity contribution in [3.63, 3.8) is 0 Å². The van der Waals surface area contributed by atoms with Gasteiger partial charge in [-0.3, -0.25) is 9.59 Å². The molecule has 0 saturated heterocycles. The second kappa shape index (κ2) is 9.04. The van der Waals surface area contributed by atoms with Crippen molar-refractivity contribution in [3.05, 3.63) is 78.5 Å². The number of amides is 2. The number of nitrogens with one attached hydrogen (secondary N) is 1. The predicted octanol–water partition coefficient (Wildman–Crippen LogP) is 4.84. The van der Waals surface area contributed by atoms with Crippen molar-refractivity contribution in [3.8, 4) is 0 Å². The third kappa shape index (κ3) is 4.61. The Morgan fingerprint density at radius 1 is 0.871 bits per heavy atom. The van der Waals surface area contributed by atoms with Crippen molar-refractivity contribution in [2.75, 3.05) is 18.4 Å². The van der Waals surface area contributed by atoms with Gasteiger partial charge in [0.25, 0.3) is 0 Å². The summed E-state index contributed by atoms with van der Waals surface area (Å²) in [4.78, 5) is 26.8. The van der Waals surface area contributed by atoms with Crippen LogP contribution in [0.3, 0.4) is 0 Å². The lowest BCUT2D eigenvalue weighted by Gasteiger charge is -2.19. The van der Waals surface area contributed by atoms with E-state index in [4.69, 9.17) is 0 Å². The van der Waals surface area contributed by atoms with Crippen LogP contribution in [0, 0.1) is 0 Å². The van der Waals surface area contributed by atoms with Crippen LogP contribution in [0.2, 0.25) is 0 Å². The normalized spacial score (nSPS) is 11.0. The molecule has 2 amide bonds. The van der Waals surface area contributed by atoms with Crippen molar-refractivity contribution in [1.29, 1.82) is 0 Å². The molecule has 31 heavy (non-hydrogen) atoms. The summed E-state index contributed by atoms with van der Waals surface area (Å²) in [7, 11) is 0. The number of hydrogen-bond acceptors (Lipinski definition) is 2. The maximum absolute atomic E-state index is 12.6. The number of likely N-dealkylation sites (N-methyl/N-ethyl adjacent to an activating group) is 1. The predicted molar refractivity (Wildman–Crippen MR) is 126 cm³/mol. The van der Waals surface area contributed by atoms with E-state index in [1.165, 1.54) is 5.39 Å². The average molecular weight is 414 g/mol. The van der Waals surface area contributed by atoms with Crippen LogP contribution in [-0.2, 0) is 22.6 Å². The molecule has 0 aliphatic heterocycles. The monoisotopic (exact) mass is 413 g/mol. The Hall–Kier alpha value is -3.60. The first-order valence-electron chi connectivity index (χ1n) is 10.7. The molecule has 158 valence electrons. The number of fused-ring (bicyclic) bond motifs is 2. The van der Waals surface area contributed by atoms with Crippen LogP contribution in [0.25, 0.3) is 21.7 Å². The fourth-order valence-electron chi connectivity index (χ4n) is 3.98. The molecule has 0 fully saturated rings. The number of carbonyl (C=O) groups excluding carboxylic acids is 2. The van der Waals surface area contributed by atoms with Crippen LogP contribution in [0.5, 0.6) is 0 Å². The Morgan fingerprint density at radius 2 is 1.65 bits per heavy atom. The number of anilines is 1. The lowest BCUT2D eigenvalue weighted by atomic mass is 10.0. The van der Waals surface area contributed by atoms with E-state index >= 15 is 0 Å². The van der Waals surface area contributed by atoms with Gasteiger partial charge in [0, 0.05) is 35.9 Å². The summed E-state index contributed by atoms with van der Waals surface area (Å²) in [5.74, 6) is 0.0565. The first-order chi connectivity index (χ1) is 15.1. The molecule has 0 bridgehead atoms. The smallest absolute Gasteiger partial charge is 0.242 e. The SMILES string of the molecule is CCN(CC)C(=O)Cn1ccc2cc(NC(=O)Cc3ccc4ccccc4c3)ccc21. The van der Waals surface area contributed by atoms with E-state index in [1.54, 1.807) is 0 Å². The summed E-state index contributed by atoms with van der Waals surface area (Å²) in [6.45, 7) is 5.72. The molecule has 1 aromatic heterocycles. The van der Waals surface area contributed by atoms with E-state index in [0.29, 0.717) is 26.1 Å². The van der Waals surface area contributed by atoms with Crippen LogP contribution in [0.15, 0.2) is 72.9 Å². The van der Waals surface area contributed by atoms with E-state index in [1.807, 2.05) is 78.0 Å². The van der Waals surface area contributed by atoms with E-state index in [2.05, 4.69) is 23.5 Å². The van der Waals surface area contributed by atoms with E-state index in [0.717, 1.165) is 27.5 Å². The Bertz CT molecular complexity index is 1240. The van der Waals surface area contributed by atoms with Crippen LogP contribution in [-0.4, -0.2) is 34.4 Å². The van der Waals surface area contributed by atoms with Crippen molar-refractivity contribution in [2.24, 2.45) is 0 Å². The van der Waals surface area contributed by atoms with Crippen LogP contribution in [0.4, 0.5) is 5.69 Å². The second-order valence-electron chi connectivity index (χ2n) is 7.69. The van der Waals surface area contributed by atoms with Crippen molar-refractivity contribution in [1.82, 2.24) is 9.47 Å². The van der Waals surface area contributed by atoms with Crippen molar-refractivity contribution < 1.29 is 9.59 Å². The summed E-state index contributed by atoms with van der Waals surface area (Å²) in [5.41, 5.74) is 2.72. The largest absolute Gasteiger partial charge is 0.342 e. The second-order valence-corrected chi connectivity index (χ2v) is 7.69. The standard InChI is InChI=1S/C26H27N3O2/c1-3-28(4-2)26(31)18-29-14-13-22-17-23(11-12-24(22)29)27-25(30)16-19-9-10-20-7-5-6-8-21(20)15-19/h5-15,17H,3-4,16,18H2,1-2H3,(H,27,30). The summed E-state index contributed by atoms with van der Waals surface area (Å²) in [5, 5.41) is 6.29. The third-order valence-electron chi connectivity index (χ3n) is 5.66. The summed E-state index contributed by atoms with van der Waals surface area (Å²) >= 11 is 0. The van der Waals surface area contributed by atoms with Gasteiger partial charge in [-0.05, 0) is 54.4 Å². The highest BCUT2D eigenvalue weighted by Crippen LogP contribution is 2.22. The molecule has 4 aromatic rings. The van der Waals surface area contributed by atoms with Gasteiger partial charge in [-0.1, -0.05) is 42.5 Å². The van der Waals surface area contributed by atoms with Gasteiger partial charge < -0.3 is 14.8 Å². The van der Waals surface area contributed by atoms with Crippen molar-refractivity contribution >= 4 is 39.2 Å². The minimum atomic E-state index is -0.0502. The summed E-state index contributed by atoms with van der Waals surface area (Å²) < 4.78 is 1.96. The van der Waals surface area contributed by atoms with Gasteiger partial charge >= 0.3 is 0 Å². The molecule has 0 atom stereocenters. The molecule has 0 saturated carbocycles. The number of hydrogen-bond donors (Lipinski definition) is 1. The zero-order chi connectivity index (χ0) is 21.8. The average Bonchev–Trinajstić information content (AvgIpc) is 3.16. The molecule has 4 rings (SSSR count). The molecule has 0 aliphatic rings. The summed E-state index contributed by atoms with van der Waals surface area (Å²) in [6.07, 6.45) is 2.25. The highest BCUT2D eigenvalue weighted by Gasteiger charge is 2.12. The zero-order valence-electron chi connectivity index (χ0n) is 18.0. The Morgan fingerprint density at radius 3 is 2.42 bits per heavy atom. The fourth-order valence-corrected chi connectivity index (χ4v) is 3.98. The third-order valence-corrected chi connectivity index (χ3v) is 5.66. The lowest BCUT2D eigenvalue weighted by molar-refractivity contribution is -0.131. The topological polar surface area (TPSA) is 54.3 Å². The Balaban J connectivity index is 1.44. The molecule has 1 heterocycles. The maximum Gasteiger partial charge on any atom is 0.242 e. The van der Waals surface area contributed by atoms with Gasteiger partial charge in [0.1, 0.15) is 6.54 Å². The zero-order valence-corrected chi connectivity index (χ0v) is 18.0. The van der Waals surface area contributed by atoms with Gasteiger partial charge in [0.15, 0.2) is 0 Å². The number of aromatic nitrogens is 1. The van der Waals surface area contributed by atoms with Crippen LogP contribution < -0.4 is 5.32 Å². The molecule has 0 spiro atoms. The first kappa shape index (κ1) is 20.7.